The van der Waals surface area contributed by atoms with Crippen molar-refractivity contribution in [3.63, 3.8) is 0 Å². The summed E-state index contributed by atoms with van der Waals surface area (Å²) in [6.45, 7) is 2.00. The highest BCUT2D eigenvalue weighted by atomic mass is 16.3. The average Bonchev–Trinajstić information content (AvgIpc) is 2.77. The number of nitrogens with zero attached hydrogens (tertiary/aromatic N) is 3. The van der Waals surface area contributed by atoms with Gasteiger partial charge >= 0.3 is 0 Å². The summed E-state index contributed by atoms with van der Waals surface area (Å²) in [4.78, 5) is 22.7. The molecular formula is C25H29N3O2. The molecule has 1 N–H and O–H groups in total. The molecule has 0 radical (unpaired) electrons. The Morgan fingerprint density at radius 1 is 1.07 bits per heavy atom. The van der Waals surface area contributed by atoms with Crippen LogP contribution in [0.25, 0.3) is 10.9 Å². The summed E-state index contributed by atoms with van der Waals surface area (Å²) >= 11 is 0. The SMILES string of the molecule is Cc1ccc(Cc2cc3c(=O)n([C@H]4CCCC[C@@H]4O)cnc3c3c2CCCC3)cn1. The minimum absolute atomic E-state index is 0.0115. The van der Waals surface area contributed by atoms with Gasteiger partial charge in [0.1, 0.15) is 0 Å². The molecule has 0 unspecified atom stereocenters. The van der Waals surface area contributed by atoms with Crippen molar-refractivity contribution >= 4 is 10.9 Å². The van der Waals surface area contributed by atoms with Crippen LogP contribution in [0.15, 0.2) is 35.5 Å². The van der Waals surface area contributed by atoms with Crippen LogP contribution in [0, 0.1) is 6.92 Å². The quantitative estimate of drug-likeness (QED) is 0.716. The molecule has 0 saturated heterocycles. The number of aliphatic hydroxyl groups excluding tert-OH is 1. The molecule has 2 aliphatic rings. The van der Waals surface area contributed by atoms with Crippen LogP contribution < -0.4 is 5.56 Å². The standard InChI is InChI=1S/C25H29N3O2/c1-16-10-11-17(14-26-16)12-18-13-21-24(20-7-3-2-6-19(18)20)27-15-28(25(21)30)22-8-4-5-9-23(22)29/h10-11,13-15,22-23,29H,2-9,12H2,1H3/t22-,23-/m0/s1. The maximum atomic E-state index is 13.5. The van der Waals surface area contributed by atoms with Crippen molar-refractivity contribution in [2.24, 2.45) is 0 Å². The molecule has 3 aromatic rings. The van der Waals surface area contributed by atoms with Crippen molar-refractivity contribution in [3.05, 3.63) is 69.0 Å². The number of aliphatic hydroxyl groups is 1. The van der Waals surface area contributed by atoms with E-state index in [0.29, 0.717) is 5.39 Å². The normalized spacial score (nSPS) is 21.5. The van der Waals surface area contributed by atoms with E-state index in [1.807, 2.05) is 19.2 Å². The fourth-order valence-corrected chi connectivity index (χ4v) is 5.27. The second-order valence-electron chi connectivity index (χ2n) is 8.96. The van der Waals surface area contributed by atoms with E-state index in [1.54, 1.807) is 10.9 Å². The van der Waals surface area contributed by atoms with E-state index in [9.17, 15) is 9.90 Å². The van der Waals surface area contributed by atoms with Crippen LogP contribution in [0.3, 0.4) is 0 Å². The predicted molar refractivity (Wildman–Crippen MR) is 118 cm³/mol. The number of aryl methyl sites for hydroxylation is 2. The summed E-state index contributed by atoms with van der Waals surface area (Å²) in [5.41, 5.74) is 6.88. The molecule has 0 bridgehead atoms. The van der Waals surface area contributed by atoms with E-state index in [1.165, 1.54) is 28.7 Å². The molecule has 0 amide bonds. The highest BCUT2D eigenvalue weighted by Crippen LogP contribution is 2.32. The fourth-order valence-electron chi connectivity index (χ4n) is 5.27. The van der Waals surface area contributed by atoms with Gasteiger partial charge in [0.2, 0.25) is 0 Å². The summed E-state index contributed by atoms with van der Waals surface area (Å²) in [7, 11) is 0. The lowest BCUT2D eigenvalue weighted by Crippen LogP contribution is -2.35. The van der Waals surface area contributed by atoms with E-state index in [0.717, 1.165) is 62.6 Å². The second kappa shape index (κ2) is 7.95. The molecular weight excluding hydrogens is 374 g/mol. The summed E-state index contributed by atoms with van der Waals surface area (Å²) < 4.78 is 1.69. The first-order valence-corrected chi connectivity index (χ1v) is 11.3. The zero-order chi connectivity index (χ0) is 20.7. The molecule has 1 aromatic carbocycles. The topological polar surface area (TPSA) is 68.0 Å². The van der Waals surface area contributed by atoms with Gasteiger partial charge in [-0.15, -0.1) is 0 Å². The largest absolute Gasteiger partial charge is 0.391 e. The average molecular weight is 404 g/mol. The molecule has 0 spiro atoms. The van der Waals surface area contributed by atoms with Crippen LogP contribution in [-0.2, 0) is 19.3 Å². The molecule has 1 fully saturated rings. The molecule has 5 nitrogen and oxygen atoms in total. The lowest BCUT2D eigenvalue weighted by molar-refractivity contribution is 0.0735. The number of rotatable bonds is 3. The van der Waals surface area contributed by atoms with Gasteiger partial charge in [0, 0.05) is 11.9 Å². The zero-order valence-corrected chi connectivity index (χ0v) is 17.6. The first-order chi connectivity index (χ1) is 14.6. The first-order valence-electron chi connectivity index (χ1n) is 11.3. The minimum Gasteiger partial charge on any atom is -0.391 e. The highest BCUT2D eigenvalue weighted by molar-refractivity contribution is 5.83. The van der Waals surface area contributed by atoms with Crippen LogP contribution in [0.4, 0.5) is 0 Å². The van der Waals surface area contributed by atoms with E-state index in [-0.39, 0.29) is 11.6 Å². The minimum atomic E-state index is -0.466. The van der Waals surface area contributed by atoms with Crippen molar-refractivity contribution in [2.75, 3.05) is 0 Å². The summed E-state index contributed by atoms with van der Waals surface area (Å²) in [6.07, 6.45) is 12.0. The molecule has 156 valence electrons. The molecule has 2 atom stereocenters. The maximum absolute atomic E-state index is 13.5. The Balaban J connectivity index is 1.65. The number of fused-ring (bicyclic) bond motifs is 3. The molecule has 1 saturated carbocycles. The third-order valence-corrected chi connectivity index (χ3v) is 6.91. The Labute approximate surface area is 176 Å². The van der Waals surface area contributed by atoms with Crippen molar-refractivity contribution in [2.45, 2.75) is 76.9 Å². The van der Waals surface area contributed by atoms with E-state index < -0.39 is 6.10 Å². The van der Waals surface area contributed by atoms with E-state index in [4.69, 9.17) is 4.98 Å². The summed E-state index contributed by atoms with van der Waals surface area (Å²) in [6, 6.07) is 6.08. The van der Waals surface area contributed by atoms with Crippen LogP contribution >= 0.6 is 0 Å². The third kappa shape index (κ3) is 3.45. The number of hydrogen-bond donors (Lipinski definition) is 1. The summed E-state index contributed by atoms with van der Waals surface area (Å²) in [5.74, 6) is 0. The Kier molecular flexibility index (Phi) is 5.15. The Hall–Kier alpha value is -2.53. The Morgan fingerprint density at radius 2 is 1.87 bits per heavy atom. The van der Waals surface area contributed by atoms with Crippen molar-refractivity contribution in [3.8, 4) is 0 Å². The molecule has 5 heteroatoms. The third-order valence-electron chi connectivity index (χ3n) is 6.91. The number of benzene rings is 1. The van der Waals surface area contributed by atoms with Crippen molar-refractivity contribution in [1.82, 2.24) is 14.5 Å². The fraction of sp³-hybridized carbons (Fsp3) is 0.480. The molecule has 5 rings (SSSR count). The van der Waals surface area contributed by atoms with Crippen molar-refractivity contribution in [1.29, 1.82) is 0 Å². The van der Waals surface area contributed by atoms with Gasteiger partial charge in [0.15, 0.2) is 0 Å². The first kappa shape index (κ1) is 19.4. The molecule has 0 aliphatic heterocycles. The lowest BCUT2D eigenvalue weighted by Gasteiger charge is -2.29. The lowest BCUT2D eigenvalue weighted by atomic mass is 9.84. The monoisotopic (exact) mass is 403 g/mol. The van der Waals surface area contributed by atoms with E-state index in [2.05, 4.69) is 17.1 Å². The van der Waals surface area contributed by atoms with Crippen LogP contribution in [-0.4, -0.2) is 25.7 Å². The Bertz CT molecular complexity index is 1130. The van der Waals surface area contributed by atoms with Gasteiger partial charge in [-0.2, -0.15) is 0 Å². The van der Waals surface area contributed by atoms with Gasteiger partial charge in [0.05, 0.1) is 29.4 Å². The zero-order valence-electron chi connectivity index (χ0n) is 17.6. The van der Waals surface area contributed by atoms with Crippen molar-refractivity contribution < 1.29 is 5.11 Å². The van der Waals surface area contributed by atoms with Gasteiger partial charge < -0.3 is 5.11 Å². The van der Waals surface area contributed by atoms with Gasteiger partial charge in [-0.1, -0.05) is 18.9 Å². The van der Waals surface area contributed by atoms with Crippen LogP contribution in [0.1, 0.15) is 72.5 Å². The molecule has 2 aromatic heterocycles. The van der Waals surface area contributed by atoms with E-state index >= 15 is 0 Å². The Morgan fingerprint density at radius 3 is 2.63 bits per heavy atom. The van der Waals surface area contributed by atoms with Gasteiger partial charge in [-0.25, -0.2) is 4.98 Å². The number of aromatic nitrogens is 3. The second-order valence-corrected chi connectivity index (χ2v) is 8.96. The molecule has 30 heavy (non-hydrogen) atoms. The highest BCUT2D eigenvalue weighted by Gasteiger charge is 2.27. The van der Waals surface area contributed by atoms with Gasteiger partial charge in [-0.05, 0) is 86.3 Å². The predicted octanol–water partition coefficient (Wildman–Crippen LogP) is 4.05. The van der Waals surface area contributed by atoms with Gasteiger partial charge in [-0.3, -0.25) is 14.3 Å². The molecule has 2 heterocycles. The van der Waals surface area contributed by atoms with Crippen LogP contribution in [0.5, 0.6) is 0 Å². The smallest absolute Gasteiger partial charge is 0.261 e. The van der Waals surface area contributed by atoms with Crippen LogP contribution in [0.2, 0.25) is 0 Å². The summed E-state index contributed by atoms with van der Waals surface area (Å²) in [5, 5.41) is 11.2. The molecule has 2 aliphatic carbocycles. The maximum Gasteiger partial charge on any atom is 0.261 e. The number of pyridine rings is 1. The number of hydrogen-bond acceptors (Lipinski definition) is 4. The van der Waals surface area contributed by atoms with Gasteiger partial charge in [0.25, 0.3) is 5.56 Å².